The molecule has 9 heteroatoms. The minimum absolute atomic E-state index is 0.0218. The second-order valence-electron chi connectivity index (χ2n) is 4.23. The van der Waals surface area contributed by atoms with Gasteiger partial charge in [-0.2, -0.15) is 0 Å². The highest BCUT2D eigenvalue weighted by Gasteiger charge is 2.16. The molecule has 0 saturated carbocycles. The molecule has 0 atom stereocenters. The Kier molecular flexibility index (Phi) is 3.51. The number of aromatic nitrogens is 2. The van der Waals surface area contributed by atoms with Crippen LogP contribution < -0.4 is 16.8 Å². The maximum absolute atomic E-state index is 11.2. The summed E-state index contributed by atoms with van der Waals surface area (Å²) in [5, 5.41) is 12.6. The predicted molar refractivity (Wildman–Crippen MR) is 58.8 cm³/mol. The van der Waals surface area contributed by atoms with E-state index in [1.165, 1.54) is 0 Å². The number of rotatable bonds is 2. The topological polar surface area (TPSA) is 142 Å². The Bertz CT molecular complexity index is 433. The number of carbonyl (C=O) groups excluding carboxylic acids is 1. The van der Waals surface area contributed by atoms with Gasteiger partial charge in [-0.3, -0.25) is 4.84 Å². The lowest BCUT2D eigenvalue weighted by Crippen LogP contribution is -2.40. The first-order chi connectivity index (χ1) is 7.79. The Morgan fingerprint density at radius 3 is 2.59 bits per heavy atom. The van der Waals surface area contributed by atoms with Crippen LogP contribution in [0.2, 0.25) is 0 Å². The van der Waals surface area contributed by atoms with Crippen LogP contribution in [0.5, 0.6) is 0 Å². The summed E-state index contributed by atoms with van der Waals surface area (Å²) in [5.74, 6) is -0.237. The zero-order valence-electron chi connectivity index (χ0n) is 9.72. The highest BCUT2D eigenvalue weighted by molar-refractivity contribution is 5.99. The molecule has 0 saturated heterocycles. The van der Waals surface area contributed by atoms with Gasteiger partial charge in [-0.05, 0) is 31.1 Å². The molecule has 1 heterocycles. The fourth-order valence-corrected chi connectivity index (χ4v) is 0.836. The largest absolute Gasteiger partial charge is 0.433 e. The van der Waals surface area contributed by atoms with Gasteiger partial charge in [0, 0.05) is 5.54 Å². The molecule has 0 aliphatic carbocycles. The molecule has 0 bridgehead atoms. The van der Waals surface area contributed by atoms with Crippen LogP contribution in [0.3, 0.4) is 0 Å². The third-order valence-corrected chi connectivity index (χ3v) is 1.46. The van der Waals surface area contributed by atoms with Crippen LogP contribution in [-0.2, 0) is 4.84 Å². The number of amidine groups is 1. The Morgan fingerprint density at radius 2 is 2.12 bits per heavy atom. The van der Waals surface area contributed by atoms with Crippen LogP contribution in [0, 0.1) is 0 Å². The molecule has 9 nitrogen and oxygen atoms in total. The number of nitrogen functional groups attached to an aromatic ring is 1. The number of carbonyl (C=O) groups is 1. The minimum Gasteiger partial charge on any atom is -0.379 e. The van der Waals surface area contributed by atoms with Crippen molar-refractivity contribution in [2.75, 3.05) is 5.73 Å². The SMILES string of the molecule is CC(C)(C)NC(=O)O/N=C(\N)c1nonc1N. The molecule has 1 rings (SSSR count). The minimum atomic E-state index is -0.740. The Hall–Kier alpha value is -2.32. The van der Waals surface area contributed by atoms with E-state index >= 15 is 0 Å². The molecule has 0 aromatic carbocycles. The van der Waals surface area contributed by atoms with Crippen molar-refractivity contribution in [3.63, 3.8) is 0 Å². The normalized spacial score (nSPS) is 12.3. The second-order valence-corrected chi connectivity index (χ2v) is 4.23. The van der Waals surface area contributed by atoms with Crippen molar-refractivity contribution in [2.45, 2.75) is 26.3 Å². The molecule has 0 unspecified atom stereocenters. The number of oxime groups is 1. The monoisotopic (exact) mass is 242 g/mol. The van der Waals surface area contributed by atoms with Gasteiger partial charge in [-0.1, -0.05) is 5.16 Å². The van der Waals surface area contributed by atoms with Crippen LogP contribution >= 0.6 is 0 Å². The fourth-order valence-electron chi connectivity index (χ4n) is 0.836. The Morgan fingerprint density at radius 1 is 1.47 bits per heavy atom. The number of hydrogen-bond donors (Lipinski definition) is 3. The lowest BCUT2D eigenvalue weighted by Gasteiger charge is -2.18. The van der Waals surface area contributed by atoms with E-state index in [4.69, 9.17) is 11.5 Å². The summed E-state index contributed by atoms with van der Waals surface area (Å²) in [6, 6.07) is 0. The third-order valence-electron chi connectivity index (χ3n) is 1.46. The maximum Gasteiger partial charge on any atom is 0.433 e. The zero-order valence-corrected chi connectivity index (χ0v) is 9.72. The van der Waals surface area contributed by atoms with Gasteiger partial charge in [0.1, 0.15) is 0 Å². The van der Waals surface area contributed by atoms with Crippen LogP contribution in [-0.4, -0.2) is 27.8 Å². The van der Waals surface area contributed by atoms with E-state index < -0.39 is 11.6 Å². The van der Waals surface area contributed by atoms with Crippen molar-refractivity contribution in [3.05, 3.63) is 5.69 Å². The summed E-state index contributed by atoms with van der Waals surface area (Å²) in [6.45, 7) is 5.38. The van der Waals surface area contributed by atoms with Gasteiger partial charge in [0.2, 0.25) is 0 Å². The number of nitrogens with one attached hydrogen (secondary N) is 1. The van der Waals surface area contributed by atoms with Crippen LogP contribution in [0.4, 0.5) is 10.6 Å². The summed E-state index contributed by atoms with van der Waals surface area (Å²) in [5.41, 5.74) is 10.4. The number of anilines is 1. The summed E-state index contributed by atoms with van der Waals surface area (Å²) in [6.07, 6.45) is -0.740. The highest BCUT2D eigenvalue weighted by atomic mass is 16.7. The molecule has 0 aliphatic rings. The van der Waals surface area contributed by atoms with Gasteiger partial charge < -0.3 is 16.8 Å². The lowest BCUT2D eigenvalue weighted by molar-refractivity contribution is 0.141. The summed E-state index contributed by atoms with van der Waals surface area (Å²) >= 11 is 0. The summed E-state index contributed by atoms with van der Waals surface area (Å²) in [7, 11) is 0. The summed E-state index contributed by atoms with van der Waals surface area (Å²) in [4.78, 5) is 15.7. The maximum atomic E-state index is 11.2. The molecular weight excluding hydrogens is 228 g/mol. The number of hydrogen-bond acceptors (Lipinski definition) is 7. The average Bonchev–Trinajstić information content (AvgIpc) is 2.58. The number of amides is 1. The van der Waals surface area contributed by atoms with Crippen molar-refractivity contribution in [1.29, 1.82) is 0 Å². The van der Waals surface area contributed by atoms with Gasteiger partial charge in [0.25, 0.3) is 0 Å². The summed E-state index contributed by atoms with van der Waals surface area (Å²) < 4.78 is 4.31. The van der Waals surface area contributed by atoms with E-state index in [-0.39, 0.29) is 17.3 Å². The molecule has 0 radical (unpaired) electrons. The van der Waals surface area contributed by atoms with Gasteiger partial charge in [-0.25, -0.2) is 9.42 Å². The molecule has 0 fully saturated rings. The molecule has 17 heavy (non-hydrogen) atoms. The van der Waals surface area contributed by atoms with Gasteiger partial charge >= 0.3 is 6.09 Å². The molecule has 5 N–H and O–H groups in total. The molecule has 1 amide bonds. The average molecular weight is 242 g/mol. The smallest absolute Gasteiger partial charge is 0.379 e. The van der Waals surface area contributed by atoms with E-state index in [0.717, 1.165) is 0 Å². The van der Waals surface area contributed by atoms with Gasteiger partial charge in [0.15, 0.2) is 17.3 Å². The predicted octanol–water partition coefficient (Wildman–Crippen LogP) is -0.203. The quantitative estimate of drug-likeness (QED) is 0.282. The van der Waals surface area contributed by atoms with Crippen molar-refractivity contribution >= 4 is 17.7 Å². The number of nitrogens with zero attached hydrogens (tertiary/aromatic N) is 3. The van der Waals surface area contributed by atoms with E-state index in [2.05, 4.69) is 30.3 Å². The third kappa shape index (κ3) is 3.97. The van der Waals surface area contributed by atoms with Gasteiger partial charge in [-0.15, -0.1) is 0 Å². The molecule has 94 valence electrons. The van der Waals surface area contributed by atoms with Crippen LogP contribution in [0.15, 0.2) is 9.78 Å². The first-order valence-corrected chi connectivity index (χ1v) is 4.70. The molecule has 0 aliphatic heterocycles. The lowest BCUT2D eigenvalue weighted by atomic mass is 10.1. The van der Waals surface area contributed by atoms with Crippen molar-refractivity contribution in [2.24, 2.45) is 10.9 Å². The van der Waals surface area contributed by atoms with Gasteiger partial charge in [0.05, 0.1) is 0 Å². The molecule has 0 spiro atoms. The van der Waals surface area contributed by atoms with E-state index in [0.29, 0.717) is 0 Å². The second kappa shape index (κ2) is 4.68. The number of nitrogens with two attached hydrogens (primary N) is 2. The molecule has 1 aromatic heterocycles. The van der Waals surface area contributed by atoms with Crippen LogP contribution in [0.25, 0.3) is 0 Å². The Balaban J connectivity index is 2.60. The molecule has 1 aromatic rings. The Labute approximate surface area is 97.1 Å². The van der Waals surface area contributed by atoms with E-state index in [9.17, 15) is 4.79 Å². The van der Waals surface area contributed by atoms with Crippen molar-refractivity contribution in [1.82, 2.24) is 15.6 Å². The standard InChI is InChI=1S/C8H14N6O3/c1-8(2,3)11-7(15)16-13-5(9)4-6(10)14-17-12-4/h1-3H3,(H2,9,13)(H2,10,14)(H,11,15). The molecular formula is C8H14N6O3. The highest BCUT2D eigenvalue weighted by Crippen LogP contribution is 2.04. The van der Waals surface area contributed by atoms with E-state index in [1.54, 1.807) is 20.8 Å². The fraction of sp³-hybridized carbons (Fsp3) is 0.500. The van der Waals surface area contributed by atoms with Crippen molar-refractivity contribution in [3.8, 4) is 0 Å². The van der Waals surface area contributed by atoms with Crippen molar-refractivity contribution < 1.29 is 14.3 Å². The zero-order chi connectivity index (χ0) is 13.1. The first kappa shape index (κ1) is 12.7. The first-order valence-electron chi connectivity index (χ1n) is 4.70. The van der Waals surface area contributed by atoms with Crippen LogP contribution in [0.1, 0.15) is 26.5 Å². The van der Waals surface area contributed by atoms with E-state index in [1.807, 2.05) is 0 Å².